The Morgan fingerprint density at radius 3 is 2.43 bits per heavy atom. The maximum atomic E-state index is 13.3. The zero-order chi connectivity index (χ0) is 19.7. The van der Waals surface area contributed by atoms with E-state index in [0.717, 1.165) is 26.7 Å². The number of hydrogen-bond donors (Lipinski definition) is 1. The van der Waals surface area contributed by atoms with Crippen LogP contribution in [-0.2, 0) is 6.18 Å². The number of thiophene rings is 1. The van der Waals surface area contributed by atoms with E-state index >= 15 is 0 Å². The van der Waals surface area contributed by atoms with Crippen LogP contribution in [0.5, 0.6) is 0 Å². The summed E-state index contributed by atoms with van der Waals surface area (Å²) in [5.41, 5.74) is 1.36. The fraction of sp³-hybridized carbons (Fsp3) is 0.143. The van der Waals surface area contributed by atoms with Gasteiger partial charge in [0.15, 0.2) is 0 Å². The number of fused-ring (bicyclic) bond motifs is 1. The number of halogens is 3. The van der Waals surface area contributed by atoms with Crippen LogP contribution in [0, 0.1) is 0 Å². The van der Waals surface area contributed by atoms with Crippen molar-refractivity contribution in [3.8, 4) is 10.4 Å². The topological polar surface area (TPSA) is 37.8 Å². The molecule has 3 nitrogen and oxygen atoms in total. The quantitative estimate of drug-likeness (QED) is 0.423. The lowest BCUT2D eigenvalue weighted by molar-refractivity contribution is -0.138. The monoisotopic (exact) mass is 399 g/mol. The summed E-state index contributed by atoms with van der Waals surface area (Å²) in [6.45, 7) is 1.70. The van der Waals surface area contributed by atoms with Crippen molar-refractivity contribution in [2.24, 2.45) is 0 Å². The first-order valence-electron chi connectivity index (χ1n) is 8.66. The fourth-order valence-corrected chi connectivity index (χ4v) is 4.19. The van der Waals surface area contributed by atoms with E-state index in [0.29, 0.717) is 5.82 Å². The minimum absolute atomic E-state index is 0.182. The molecule has 4 aromatic rings. The van der Waals surface area contributed by atoms with Gasteiger partial charge in [0, 0.05) is 4.88 Å². The predicted molar refractivity (Wildman–Crippen MR) is 106 cm³/mol. The van der Waals surface area contributed by atoms with Gasteiger partial charge in [-0.25, -0.2) is 9.97 Å². The van der Waals surface area contributed by atoms with Crippen LogP contribution in [0.2, 0.25) is 0 Å². The molecule has 28 heavy (non-hydrogen) atoms. The van der Waals surface area contributed by atoms with Gasteiger partial charge in [-0.1, -0.05) is 48.5 Å². The van der Waals surface area contributed by atoms with Crippen molar-refractivity contribution in [2.75, 3.05) is 5.32 Å². The van der Waals surface area contributed by atoms with E-state index in [4.69, 9.17) is 0 Å². The van der Waals surface area contributed by atoms with Crippen molar-refractivity contribution in [3.63, 3.8) is 0 Å². The minimum Gasteiger partial charge on any atom is -0.362 e. The molecule has 0 aliphatic carbocycles. The fourth-order valence-electron chi connectivity index (χ4n) is 3.12. The van der Waals surface area contributed by atoms with Crippen molar-refractivity contribution in [1.82, 2.24) is 9.97 Å². The van der Waals surface area contributed by atoms with E-state index in [9.17, 15) is 13.2 Å². The largest absolute Gasteiger partial charge is 0.416 e. The van der Waals surface area contributed by atoms with Crippen LogP contribution >= 0.6 is 11.3 Å². The summed E-state index contributed by atoms with van der Waals surface area (Å²) in [5.74, 6) is 0.529. The van der Waals surface area contributed by atoms with Gasteiger partial charge in [-0.05, 0) is 30.2 Å². The molecule has 0 saturated carbocycles. The second-order valence-corrected chi connectivity index (χ2v) is 7.42. The average Bonchev–Trinajstić information content (AvgIpc) is 3.13. The Balaban J connectivity index is 1.70. The lowest BCUT2D eigenvalue weighted by Gasteiger charge is -2.20. The molecule has 0 bridgehead atoms. The molecule has 0 spiro atoms. The summed E-state index contributed by atoms with van der Waals surface area (Å²) in [5, 5.41) is 3.14. The van der Waals surface area contributed by atoms with E-state index in [1.807, 2.05) is 36.4 Å². The van der Waals surface area contributed by atoms with Crippen molar-refractivity contribution >= 4 is 27.4 Å². The molecule has 142 valence electrons. The molecule has 1 unspecified atom stereocenters. The van der Waals surface area contributed by atoms with Gasteiger partial charge in [0.2, 0.25) is 0 Å². The normalized spacial score (nSPS) is 12.9. The van der Waals surface area contributed by atoms with Crippen molar-refractivity contribution in [1.29, 1.82) is 0 Å². The van der Waals surface area contributed by atoms with Crippen LogP contribution < -0.4 is 5.32 Å². The Bertz CT molecular complexity index is 1110. The van der Waals surface area contributed by atoms with Gasteiger partial charge in [-0.3, -0.25) is 0 Å². The molecule has 0 radical (unpaired) electrons. The number of rotatable bonds is 4. The smallest absolute Gasteiger partial charge is 0.362 e. The highest BCUT2D eigenvalue weighted by Gasteiger charge is 2.34. The van der Waals surface area contributed by atoms with Gasteiger partial charge < -0.3 is 5.32 Å². The van der Waals surface area contributed by atoms with Gasteiger partial charge in [0.1, 0.15) is 12.1 Å². The molecule has 0 saturated heterocycles. The van der Waals surface area contributed by atoms with Crippen LogP contribution in [0.3, 0.4) is 0 Å². The number of benzene rings is 2. The second-order valence-electron chi connectivity index (χ2n) is 6.36. The number of aromatic nitrogens is 2. The zero-order valence-corrected chi connectivity index (χ0v) is 15.7. The highest BCUT2D eigenvalue weighted by atomic mass is 32.1. The average molecular weight is 399 g/mol. The lowest BCUT2D eigenvalue weighted by atomic mass is 10.0. The molecule has 1 N–H and O–H groups in total. The van der Waals surface area contributed by atoms with Crippen LogP contribution in [0.25, 0.3) is 20.7 Å². The van der Waals surface area contributed by atoms with Crippen molar-refractivity contribution < 1.29 is 13.2 Å². The summed E-state index contributed by atoms with van der Waals surface area (Å²) < 4.78 is 40.8. The molecule has 0 fully saturated rings. The Morgan fingerprint density at radius 2 is 1.68 bits per heavy atom. The van der Waals surface area contributed by atoms with Gasteiger partial charge in [-0.2, -0.15) is 13.2 Å². The highest BCUT2D eigenvalue weighted by Crippen LogP contribution is 2.38. The molecule has 1 atom stereocenters. The molecular weight excluding hydrogens is 383 g/mol. The summed E-state index contributed by atoms with van der Waals surface area (Å²) >= 11 is 1.51. The molecule has 2 heterocycles. The van der Waals surface area contributed by atoms with Crippen LogP contribution in [0.15, 0.2) is 67.0 Å². The maximum absolute atomic E-state index is 13.3. The number of hydrogen-bond acceptors (Lipinski definition) is 4. The molecule has 2 aromatic carbocycles. The van der Waals surface area contributed by atoms with E-state index < -0.39 is 17.8 Å². The van der Waals surface area contributed by atoms with E-state index in [1.165, 1.54) is 29.8 Å². The third-order valence-electron chi connectivity index (χ3n) is 4.46. The van der Waals surface area contributed by atoms with Gasteiger partial charge in [0.25, 0.3) is 0 Å². The van der Waals surface area contributed by atoms with Gasteiger partial charge in [0.05, 0.1) is 21.8 Å². The summed E-state index contributed by atoms with van der Waals surface area (Å²) in [6, 6.07) is 16.9. The van der Waals surface area contributed by atoms with E-state index in [-0.39, 0.29) is 5.56 Å². The van der Waals surface area contributed by atoms with Crippen molar-refractivity contribution in [2.45, 2.75) is 19.1 Å². The molecule has 0 aliphatic heterocycles. The molecule has 4 rings (SSSR count). The second kappa shape index (κ2) is 7.24. The molecule has 2 aromatic heterocycles. The van der Waals surface area contributed by atoms with Crippen LogP contribution in [0.1, 0.15) is 24.1 Å². The van der Waals surface area contributed by atoms with E-state index in [2.05, 4.69) is 15.3 Å². The number of anilines is 1. The first-order chi connectivity index (χ1) is 13.4. The van der Waals surface area contributed by atoms with Crippen molar-refractivity contribution in [3.05, 3.63) is 78.1 Å². The number of alkyl halides is 3. The van der Waals surface area contributed by atoms with Crippen LogP contribution in [-0.4, -0.2) is 9.97 Å². The van der Waals surface area contributed by atoms with E-state index in [1.54, 1.807) is 13.0 Å². The Labute approximate surface area is 163 Å². The first-order valence-corrected chi connectivity index (χ1v) is 9.48. The Morgan fingerprint density at radius 1 is 0.964 bits per heavy atom. The zero-order valence-electron chi connectivity index (χ0n) is 14.9. The summed E-state index contributed by atoms with van der Waals surface area (Å²) in [4.78, 5) is 9.61. The standard InChI is InChI=1S/C21H16F3N3S/c1-13(15-9-5-6-10-16(15)21(22,23)24)27-20-19-17(25-12-26-20)11-18(28-19)14-7-3-2-4-8-14/h2-13H,1H3,(H,25,26,27). The number of nitrogens with one attached hydrogen (secondary N) is 1. The minimum atomic E-state index is -4.41. The summed E-state index contributed by atoms with van der Waals surface area (Å²) in [6.07, 6.45) is -2.98. The maximum Gasteiger partial charge on any atom is 0.416 e. The third-order valence-corrected chi connectivity index (χ3v) is 5.64. The van der Waals surface area contributed by atoms with Gasteiger partial charge >= 0.3 is 6.18 Å². The predicted octanol–water partition coefficient (Wildman–Crippen LogP) is 6.55. The SMILES string of the molecule is CC(Nc1ncnc2cc(-c3ccccc3)sc12)c1ccccc1C(F)(F)F. The lowest BCUT2D eigenvalue weighted by Crippen LogP contribution is -2.15. The Hall–Kier alpha value is -2.93. The van der Waals surface area contributed by atoms with Gasteiger partial charge in [-0.15, -0.1) is 11.3 Å². The molecule has 0 aliphatic rings. The molecular formula is C21H16F3N3S. The Kier molecular flexibility index (Phi) is 4.77. The molecule has 0 amide bonds. The molecule has 7 heteroatoms. The number of nitrogens with zero attached hydrogens (tertiary/aromatic N) is 2. The van der Waals surface area contributed by atoms with Crippen LogP contribution in [0.4, 0.5) is 19.0 Å². The summed E-state index contributed by atoms with van der Waals surface area (Å²) in [7, 11) is 0. The third kappa shape index (κ3) is 3.57. The first kappa shape index (κ1) is 18.4. The highest BCUT2D eigenvalue weighted by molar-refractivity contribution is 7.22.